The van der Waals surface area contributed by atoms with Crippen LogP contribution in [0.3, 0.4) is 0 Å². The average molecular weight is 1420 g/mol. The molecule has 0 aromatic carbocycles. The van der Waals surface area contributed by atoms with E-state index >= 15 is 0 Å². The second kappa shape index (κ2) is 78.2. The van der Waals surface area contributed by atoms with E-state index in [0.29, 0.717) is 19.4 Å². The van der Waals surface area contributed by atoms with Crippen molar-refractivity contribution in [2.45, 2.75) is 513 Å². The molecule has 7 unspecified atom stereocenters. The number of nitrogens with one attached hydrogen (secondary N) is 1. The van der Waals surface area contributed by atoms with Crippen molar-refractivity contribution in [2.75, 3.05) is 19.8 Å². The van der Waals surface area contributed by atoms with Gasteiger partial charge in [-0.3, -0.25) is 9.59 Å². The zero-order valence-electron chi connectivity index (χ0n) is 66.5. The minimum Gasteiger partial charge on any atom is -0.466 e. The van der Waals surface area contributed by atoms with Crippen molar-refractivity contribution < 1.29 is 49.3 Å². The zero-order valence-corrected chi connectivity index (χ0v) is 66.5. The summed E-state index contributed by atoms with van der Waals surface area (Å²) in [7, 11) is 0. The summed E-state index contributed by atoms with van der Waals surface area (Å²) < 4.78 is 16.8. The first-order chi connectivity index (χ1) is 49.2. The summed E-state index contributed by atoms with van der Waals surface area (Å²) in [4.78, 5) is 25.3. The van der Waals surface area contributed by atoms with Gasteiger partial charge in [0.05, 0.1) is 32.0 Å². The number of hydrogen-bond acceptors (Lipinski definition) is 10. The van der Waals surface area contributed by atoms with Crippen LogP contribution in [0.1, 0.15) is 470 Å². The highest BCUT2D eigenvalue weighted by molar-refractivity contribution is 5.76. The lowest BCUT2D eigenvalue weighted by molar-refractivity contribution is -0.302. The maximum Gasteiger partial charge on any atom is 0.305 e. The molecule has 1 amide bonds. The fourth-order valence-electron chi connectivity index (χ4n) is 14.6. The van der Waals surface area contributed by atoms with Gasteiger partial charge in [-0.25, -0.2) is 0 Å². The quantitative estimate of drug-likeness (QED) is 0.0195. The topological polar surface area (TPSA) is 175 Å². The number of ether oxygens (including phenoxy) is 3. The second-order valence-electron chi connectivity index (χ2n) is 31.3. The predicted octanol–water partition coefficient (Wildman–Crippen LogP) is 25.0. The van der Waals surface area contributed by atoms with E-state index in [4.69, 9.17) is 14.2 Å². The van der Waals surface area contributed by atoms with Crippen molar-refractivity contribution in [3.05, 3.63) is 24.3 Å². The molecule has 100 heavy (non-hydrogen) atoms. The first kappa shape index (κ1) is 96.2. The third-order valence-electron chi connectivity index (χ3n) is 21.6. The zero-order chi connectivity index (χ0) is 72.2. The summed E-state index contributed by atoms with van der Waals surface area (Å²) in [5.41, 5.74) is 0. The molecule has 1 fully saturated rings. The number of allylic oxidation sites excluding steroid dienone is 3. The van der Waals surface area contributed by atoms with E-state index < -0.39 is 49.5 Å². The minimum absolute atomic E-state index is 0.0224. The average Bonchev–Trinajstić information content (AvgIpc) is 0.824. The largest absolute Gasteiger partial charge is 0.466 e. The molecule has 0 radical (unpaired) electrons. The molecule has 1 aliphatic heterocycles. The number of aliphatic hydroxyl groups is 5. The number of carbonyl (C=O) groups is 2. The predicted molar refractivity (Wildman–Crippen MR) is 426 cm³/mol. The first-order valence-electron chi connectivity index (χ1n) is 44.6. The van der Waals surface area contributed by atoms with Crippen LogP contribution in [0.2, 0.25) is 0 Å². The number of rotatable bonds is 81. The standard InChI is InChI=1S/C89H171NO10/c1-3-5-7-9-11-13-15-17-19-20-45-49-53-57-61-65-69-73-77-85(94)98-78-74-70-66-62-58-54-50-46-43-41-39-37-35-33-31-29-27-25-23-21-22-24-26-28-30-32-34-36-38-40-42-44-48-52-56-60-64-68-72-76-84(93)90-81(80-99-89-88(97)87(96)86(95)83(79-91)100-89)82(92)75-71-67-63-59-55-51-47-18-16-14-12-10-8-6-4-2/h21-22,71,75,81-83,86-89,91-92,95-97H,3-20,23-70,72-74,76-80H2,1-2H3,(H,90,93)/b22-21-,75-71+. The molecule has 11 nitrogen and oxygen atoms in total. The number of hydrogen-bond donors (Lipinski definition) is 6. The SMILES string of the molecule is CCCCCCCCCCCCCCC/C=C/C(O)C(COC1OC(CO)C(O)C(O)C1O)NC(=O)CCCCCCCCCCCCCCCCCCC/C=C\CCCCCCCCCCCCCCCCCCCCOC(=O)CCCCCCCCCCCCCCCCCCCC. The third-order valence-corrected chi connectivity index (χ3v) is 21.6. The molecule has 0 aromatic heterocycles. The molecule has 11 heteroatoms. The van der Waals surface area contributed by atoms with E-state index in [-0.39, 0.29) is 18.5 Å². The summed E-state index contributed by atoms with van der Waals surface area (Å²) >= 11 is 0. The highest BCUT2D eigenvalue weighted by Gasteiger charge is 2.44. The maximum atomic E-state index is 13.1. The highest BCUT2D eigenvalue weighted by Crippen LogP contribution is 2.24. The Bertz CT molecular complexity index is 1710. The van der Waals surface area contributed by atoms with Gasteiger partial charge < -0.3 is 45.1 Å². The molecule has 1 heterocycles. The number of esters is 1. The van der Waals surface area contributed by atoms with Gasteiger partial charge in [-0.05, 0) is 57.8 Å². The van der Waals surface area contributed by atoms with Crippen LogP contribution < -0.4 is 5.32 Å². The molecule has 0 saturated carbocycles. The Morgan fingerprint density at radius 3 is 0.960 bits per heavy atom. The van der Waals surface area contributed by atoms with Crippen LogP contribution >= 0.6 is 0 Å². The minimum atomic E-state index is -1.57. The summed E-state index contributed by atoms with van der Waals surface area (Å²) in [6, 6.07) is -0.807. The van der Waals surface area contributed by atoms with Gasteiger partial charge in [0, 0.05) is 12.8 Å². The van der Waals surface area contributed by atoms with Gasteiger partial charge in [0.25, 0.3) is 0 Å². The number of amides is 1. The van der Waals surface area contributed by atoms with Crippen molar-refractivity contribution in [3.63, 3.8) is 0 Å². The Balaban J connectivity index is 1.87. The molecule has 592 valence electrons. The first-order valence-corrected chi connectivity index (χ1v) is 44.6. The smallest absolute Gasteiger partial charge is 0.305 e. The van der Waals surface area contributed by atoms with E-state index in [1.807, 2.05) is 6.08 Å². The monoisotopic (exact) mass is 1410 g/mol. The van der Waals surface area contributed by atoms with Crippen LogP contribution in [0, 0.1) is 0 Å². The van der Waals surface area contributed by atoms with Gasteiger partial charge >= 0.3 is 5.97 Å². The Morgan fingerprint density at radius 1 is 0.360 bits per heavy atom. The van der Waals surface area contributed by atoms with Crippen LogP contribution in [0.5, 0.6) is 0 Å². The lowest BCUT2D eigenvalue weighted by Crippen LogP contribution is -2.60. The van der Waals surface area contributed by atoms with Crippen molar-refractivity contribution >= 4 is 11.9 Å². The van der Waals surface area contributed by atoms with Gasteiger partial charge in [-0.15, -0.1) is 0 Å². The number of unbranched alkanes of at least 4 members (excludes halogenated alkanes) is 65. The maximum absolute atomic E-state index is 13.1. The van der Waals surface area contributed by atoms with E-state index in [1.54, 1.807) is 6.08 Å². The third kappa shape index (κ3) is 65.6. The van der Waals surface area contributed by atoms with E-state index in [1.165, 1.54) is 392 Å². The summed E-state index contributed by atoms with van der Waals surface area (Å²) in [5, 5.41) is 54.7. The fourth-order valence-corrected chi connectivity index (χ4v) is 14.6. The van der Waals surface area contributed by atoms with Gasteiger partial charge in [-0.1, -0.05) is 423 Å². The molecule has 6 N–H and O–H groups in total. The molecule has 1 aliphatic rings. The van der Waals surface area contributed by atoms with Crippen molar-refractivity contribution in [1.29, 1.82) is 0 Å². The molecule has 0 aliphatic carbocycles. The normalized spacial score (nSPS) is 17.1. The van der Waals surface area contributed by atoms with Crippen molar-refractivity contribution in [2.24, 2.45) is 0 Å². The Morgan fingerprint density at radius 2 is 0.640 bits per heavy atom. The Labute approximate surface area is 620 Å². The van der Waals surface area contributed by atoms with E-state index in [9.17, 15) is 35.1 Å². The van der Waals surface area contributed by atoms with Crippen molar-refractivity contribution in [3.8, 4) is 0 Å². The Kier molecular flexibility index (Phi) is 75.2. The molecular formula is C89H171NO10. The molecular weight excluding hydrogens is 1240 g/mol. The van der Waals surface area contributed by atoms with Gasteiger partial charge in [0.1, 0.15) is 24.4 Å². The van der Waals surface area contributed by atoms with E-state index in [0.717, 1.165) is 51.4 Å². The lowest BCUT2D eigenvalue weighted by atomic mass is 9.99. The van der Waals surface area contributed by atoms with Gasteiger partial charge in [0.15, 0.2) is 6.29 Å². The van der Waals surface area contributed by atoms with Crippen LogP contribution in [0.15, 0.2) is 24.3 Å². The number of aliphatic hydroxyl groups excluding tert-OH is 5. The van der Waals surface area contributed by atoms with Crippen LogP contribution in [0.25, 0.3) is 0 Å². The van der Waals surface area contributed by atoms with Crippen LogP contribution in [-0.4, -0.2) is 100 Å². The van der Waals surface area contributed by atoms with Gasteiger partial charge in [-0.2, -0.15) is 0 Å². The molecule has 0 bridgehead atoms. The summed E-state index contributed by atoms with van der Waals surface area (Å²) in [6.45, 7) is 4.43. The Hall–Kier alpha value is -1.86. The van der Waals surface area contributed by atoms with Crippen LogP contribution in [0.4, 0.5) is 0 Å². The molecule has 0 aromatic rings. The molecule has 1 rings (SSSR count). The summed E-state index contributed by atoms with van der Waals surface area (Å²) in [6.07, 6.45) is 92.4. The second-order valence-corrected chi connectivity index (χ2v) is 31.3. The lowest BCUT2D eigenvalue weighted by Gasteiger charge is -2.40. The fraction of sp³-hybridized carbons (Fsp3) is 0.933. The molecule has 0 spiro atoms. The summed E-state index contributed by atoms with van der Waals surface area (Å²) in [5.74, 6) is -0.151. The highest BCUT2D eigenvalue weighted by atomic mass is 16.7. The molecule has 7 atom stereocenters. The number of carbonyl (C=O) groups excluding carboxylic acids is 2. The molecule has 1 saturated heterocycles. The van der Waals surface area contributed by atoms with Crippen LogP contribution in [-0.2, 0) is 23.8 Å². The van der Waals surface area contributed by atoms with Gasteiger partial charge in [0.2, 0.25) is 5.91 Å². The van der Waals surface area contributed by atoms with E-state index in [2.05, 4.69) is 31.3 Å². The van der Waals surface area contributed by atoms with Crippen molar-refractivity contribution in [1.82, 2.24) is 5.32 Å².